The van der Waals surface area contributed by atoms with Crippen LogP contribution in [0.3, 0.4) is 0 Å². The van der Waals surface area contributed by atoms with E-state index in [0.29, 0.717) is 5.56 Å². The smallest absolute Gasteiger partial charge is 0.325 e. The maximum atomic E-state index is 13.7. The predicted octanol–water partition coefficient (Wildman–Crippen LogP) is 2.42. The largest absolute Gasteiger partial charge is 0.454 e. The van der Waals surface area contributed by atoms with Crippen LogP contribution in [-0.4, -0.2) is 30.9 Å². The fourth-order valence-electron chi connectivity index (χ4n) is 2.45. The summed E-state index contributed by atoms with van der Waals surface area (Å²) in [5.74, 6) is -3.40. The highest BCUT2D eigenvalue weighted by Gasteiger charge is 2.16. The number of ether oxygens (including phenoxy) is 1. The van der Waals surface area contributed by atoms with Crippen LogP contribution in [0, 0.1) is 18.6 Å². The molecule has 0 aliphatic heterocycles. The Morgan fingerprint density at radius 2 is 1.86 bits per heavy atom. The van der Waals surface area contributed by atoms with Gasteiger partial charge in [-0.05, 0) is 32.0 Å². The summed E-state index contributed by atoms with van der Waals surface area (Å²) >= 11 is 0. The molecule has 0 heterocycles. The Bertz CT molecular complexity index is 886. The summed E-state index contributed by atoms with van der Waals surface area (Å²) in [6.45, 7) is 2.36. The average molecular weight is 390 g/mol. The number of amides is 2. The molecule has 0 aliphatic carbocycles. The van der Waals surface area contributed by atoms with Gasteiger partial charge in [0.15, 0.2) is 6.61 Å². The third-order valence-corrected chi connectivity index (χ3v) is 3.84. The molecule has 0 radical (unpaired) electrons. The van der Waals surface area contributed by atoms with E-state index in [9.17, 15) is 23.2 Å². The standard InChI is InChI=1S/C20H20F2N2O4/c1-12-4-3-5-14(8-12)20(27)23-10-19(26)28-11-18(25)24-13(2)16-7-6-15(21)9-17(16)22/h3-9,13H,10-11H2,1-2H3,(H,23,27)(H,24,25)/t13-/m1/s1. The molecular weight excluding hydrogens is 370 g/mol. The molecule has 0 aromatic heterocycles. The summed E-state index contributed by atoms with van der Waals surface area (Å²) < 4.78 is 31.4. The van der Waals surface area contributed by atoms with Crippen molar-refractivity contribution in [2.45, 2.75) is 19.9 Å². The van der Waals surface area contributed by atoms with E-state index in [2.05, 4.69) is 10.6 Å². The van der Waals surface area contributed by atoms with E-state index < -0.39 is 48.6 Å². The fourth-order valence-corrected chi connectivity index (χ4v) is 2.45. The first-order valence-electron chi connectivity index (χ1n) is 8.51. The second kappa shape index (κ2) is 9.59. The van der Waals surface area contributed by atoms with Gasteiger partial charge >= 0.3 is 5.97 Å². The lowest BCUT2D eigenvalue weighted by Gasteiger charge is -2.15. The quantitative estimate of drug-likeness (QED) is 0.711. The lowest BCUT2D eigenvalue weighted by Crippen LogP contribution is -2.35. The Balaban J connectivity index is 1.76. The summed E-state index contributed by atoms with van der Waals surface area (Å²) in [5.41, 5.74) is 1.41. The Hall–Kier alpha value is -3.29. The number of carbonyl (C=O) groups is 3. The van der Waals surface area contributed by atoms with Gasteiger partial charge in [0.25, 0.3) is 11.8 Å². The highest BCUT2D eigenvalue weighted by atomic mass is 19.1. The molecule has 0 saturated carbocycles. The first-order chi connectivity index (χ1) is 13.3. The normalized spacial score (nSPS) is 11.4. The third-order valence-electron chi connectivity index (χ3n) is 3.84. The number of esters is 1. The van der Waals surface area contributed by atoms with Crippen molar-refractivity contribution >= 4 is 17.8 Å². The minimum Gasteiger partial charge on any atom is -0.454 e. The molecule has 1 atom stereocenters. The van der Waals surface area contributed by atoms with Crippen LogP contribution in [0.2, 0.25) is 0 Å². The molecule has 0 spiro atoms. The summed E-state index contributed by atoms with van der Waals surface area (Å²) in [6, 6.07) is 9.12. The van der Waals surface area contributed by atoms with Gasteiger partial charge in [0.2, 0.25) is 0 Å². The van der Waals surface area contributed by atoms with Gasteiger partial charge in [-0.3, -0.25) is 14.4 Å². The van der Waals surface area contributed by atoms with Gasteiger partial charge in [-0.2, -0.15) is 0 Å². The number of rotatable bonds is 7. The molecule has 148 valence electrons. The van der Waals surface area contributed by atoms with Crippen LogP contribution in [0.1, 0.15) is 34.5 Å². The van der Waals surface area contributed by atoms with Crippen LogP contribution >= 0.6 is 0 Å². The zero-order valence-electron chi connectivity index (χ0n) is 15.4. The van der Waals surface area contributed by atoms with E-state index in [4.69, 9.17) is 4.74 Å². The van der Waals surface area contributed by atoms with Crippen LogP contribution in [-0.2, 0) is 14.3 Å². The highest BCUT2D eigenvalue weighted by molar-refractivity contribution is 5.96. The van der Waals surface area contributed by atoms with Crippen LogP contribution in [0.4, 0.5) is 8.78 Å². The van der Waals surface area contributed by atoms with Crippen molar-refractivity contribution in [2.75, 3.05) is 13.2 Å². The fraction of sp³-hybridized carbons (Fsp3) is 0.250. The van der Waals surface area contributed by atoms with Gasteiger partial charge in [-0.1, -0.05) is 23.8 Å². The minimum atomic E-state index is -0.795. The second-order valence-corrected chi connectivity index (χ2v) is 6.17. The van der Waals surface area contributed by atoms with E-state index in [0.717, 1.165) is 17.7 Å². The number of nitrogens with one attached hydrogen (secondary N) is 2. The Kier molecular flexibility index (Phi) is 7.20. The second-order valence-electron chi connectivity index (χ2n) is 6.17. The molecule has 0 bridgehead atoms. The average Bonchev–Trinajstić information content (AvgIpc) is 2.64. The van der Waals surface area contributed by atoms with Gasteiger partial charge < -0.3 is 15.4 Å². The number of hydrogen-bond acceptors (Lipinski definition) is 4. The first kappa shape index (κ1) is 21.0. The first-order valence-corrected chi connectivity index (χ1v) is 8.51. The zero-order chi connectivity index (χ0) is 20.7. The summed E-state index contributed by atoms with van der Waals surface area (Å²) in [5, 5.41) is 4.84. The van der Waals surface area contributed by atoms with Gasteiger partial charge in [-0.25, -0.2) is 8.78 Å². The molecule has 2 amide bonds. The maximum absolute atomic E-state index is 13.7. The van der Waals surface area contributed by atoms with Crippen molar-refractivity contribution in [1.82, 2.24) is 10.6 Å². The SMILES string of the molecule is Cc1cccc(C(=O)NCC(=O)OCC(=O)N[C@H](C)c2ccc(F)cc2F)c1. The molecule has 0 aliphatic rings. The molecule has 2 rings (SSSR count). The van der Waals surface area contributed by atoms with Crippen LogP contribution < -0.4 is 10.6 Å². The van der Waals surface area contributed by atoms with E-state index in [1.54, 1.807) is 18.2 Å². The van der Waals surface area contributed by atoms with Crippen molar-refractivity contribution in [2.24, 2.45) is 0 Å². The topological polar surface area (TPSA) is 84.5 Å². The van der Waals surface area contributed by atoms with Gasteiger partial charge in [0.1, 0.15) is 18.2 Å². The van der Waals surface area contributed by atoms with Crippen molar-refractivity contribution in [3.8, 4) is 0 Å². The maximum Gasteiger partial charge on any atom is 0.325 e. The summed E-state index contributed by atoms with van der Waals surface area (Å²) in [7, 11) is 0. The molecule has 2 aromatic rings. The number of carbonyl (C=O) groups excluding carboxylic acids is 3. The Morgan fingerprint density at radius 3 is 2.54 bits per heavy atom. The van der Waals surface area contributed by atoms with Gasteiger partial charge in [-0.15, -0.1) is 0 Å². The number of aryl methyl sites for hydroxylation is 1. The zero-order valence-corrected chi connectivity index (χ0v) is 15.4. The summed E-state index contributed by atoms with van der Waals surface area (Å²) in [6.07, 6.45) is 0. The van der Waals surface area contributed by atoms with Crippen LogP contribution in [0.25, 0.3) is 0 Å². The van der Waals surface area contributed by atoms with Crippen molar-refractivity contribution in [3.63, 3.8) is 0 Å². The lowest BCUT2D eigenvalue weighted by molar-refractivity contribution is -0.147. The van der Waals surface area contributed by atoms with Crippen LogP contribution in [0.15, 0.2) is 42.5 Å². The molecule has 0 fully saturated rings. The van der Waals surface area contributed by atoms with E-state index >= 15 is 0 Å². The van der Waals surface area contributed by atoms with Gasteiger partial charge in [0, 0.05) is 17.2 Å². The monoisotopic (exact) mass is 390 g/mol. The molecule has 8 heteroatoms. The molecule has 2 aromatic carbocycles. The molecule has 0 unspecified atom stereocenters. The molecule has 28 heavy (non-hydrogen) atoms. The molecule has 2 N–H and O–H groups in total. The molecule has 6 nitrogen and oxygen atoms in total. The minimum absolute atomic E-state index is 0.103. The van der Waals surface area contributed by atoms with Crippen molar-refractivity contribution in [3.05, 3.63) is 70.8 Å². The number of benzene rings is 2. The van der Waals surface area contributed by atoms with Gasteiger partial charge in [0.05, 0.1) is 6.04 Å². The van der Waals surface area contributed by atoms with Crippen LogP contribution in [0.5, 0.6) is 0 Å². The number of halogens is 2. The lowest BCUT2D eigenvalue weighted by atomic mass is 10.1. The predicted molar refractivity (Wildman–Crippen MR) is 97.4 cm³/mol. The van der Waals surface area contributed by atoms with E-state index in [1.807, 2.05) is 13.0 Å². The Morgan fingerprint density at radius 1 is 1.11 bits per heavy atom. The molecular formula is C20H20F2N2O4. The van der Waals surface area contributed by atoms with E-state index in [-0.39, 0.29) is 5.56 Å². The summed E-state index contributed by atoms with van der Waals surface area (Å²) in [4.78, 5) is 35.5. The van der Waals surface area contributed by atoms with Crippen molar-refractivity contribution < 1.29 is 27.9 Å². The highest BCUT2D eigenvalue weighted by Crippen LogP contribution is 2.17. The third kappa shape index (κ3) is 6.15. The van der Waals surface area contributed by atoms with Crippen molar-refractivity contribution in [1.29, 1.82) is 0 Å². The van der Waals surface area contributed by atoms with E-state index in [1.165, 1.54) is 13.0 Å². The molecule has 0 saturated heterocycles. The number of hydrogen-bond donors (Lipinski definition) is 2. The Labute approximate surface area is 160 Å².